The molecule has 1 aromatic heterocycles. The van der Waals surface area contributed by atoms with Gasteiger partial charge in [0.05, 0.1) is 11.6 Å². The lowest BCUT2D eigenvalue weighted by atomic mass is 9.97. The Morgan fingerprint density at radius 3 is 2.64 bits per heavy atom. The van der Waals surface area contributed by atoms with Gasteiger partial charge in [-0.25, -0.2) is 9.37 Å². The molecule has 1 N–H and O–H groups in total. The Balaban J connectivity index is 0.00000225. The number of carbonyl (C=O) groups is 1. The SMILES string of the molecule is Cl.O=C(O)C1CCN(Cc2csc(COc3ccc(F)cc3)n2)CC1. The van der Waals surface area contributed by atoms with Crippen molar-refractivity contribution in [2.75, 3.05) is 13.1 Å². The zero-order valence-corrected chi connectivity index (χ0v) is 15.2. The Bertz CT molecular complexity index is 687. The van der Waals surface area contributed by atoms with Crippen LogP contribution in [0.1, 0.15) is 23.5 Å². The van der Waals surface area contributed by atoms with E-state index in [1.807, 2.05) is 5.38 Å². The second kappa shape index (κ2) is 9.12. The minimum atomic E-state index is -0.691. The van der Waals surface area contributed by atoms with E-state index in [0.717, 1.165) is 30.3 Å². The van der Waals surface area contributed by atoms with Gasteiger partial charge in [-0.2, -0.15) is 0 Å². The van der Waals surface area contributed by atoms with Crippen LogP contribution in [0.5, 0.6) is 5.75 Å². The molecule has 25 heavy (non-hydrogen) atoms. The molecule has 136 valence electrons. The van der Waals surface area contributed by atoms with E-state index >= 15 is 0 Å². The van der Waals surface area contributed by atoms with Crippen LogP contribution in [0.2, 0.25) is 0 Å². The summed E-state index contributed by atoms with van der Waals surface area (Å²) in [6.45, 7) is 2.67. The van der Waals surface area contributed by atoms with Gasteiger partial charge in [0.1, 0.15) is 23.2 Å². The number of carboxylic acids is 1. The number of halogens is 2. The van der Waals surface area contributed by atoms with Gasteiger partial charge in [0.2, 0.25) is 0 Å². The molecule has 1 aliphatic heterocycles. The summed E-state index contributed by atoms with van der Waals surface area (Å²) in [6.07, 6.45) is 1.39. The topological polar surface area (TPSA) is 62.7 Å². The summed E-state index contributed by atoms with van der Waals surface area (Å²) >= 11 is 1.53. The maximum atomic E-state index is 12.8. The highest BCUT2D eigenvalue weighted by Gasteiger charge is 2.24. The number of benzene rings is 1. The highest BCUT2D eigenvalue weighted by atomic mass is 35.5. The number of likely N-dealkylation sites (tertiary alicyclic amines) is 1. The third-order valence-corrected chi connectivity index (χ3v) is 4.97. The van der Waals surface area contributed by atoms with Crippen molar-refractivity contribution in [1.82, 2.24) is 9.88 Å². The molecule has 0 unspecified atom stereocenters. The van der Waals surface area contributed by atoms with Gasteiger partial charge in [-0.05, 0) is 50.2 Å². The summed E-state index contributed by atoms with van der Waals surface area (Å²) in [5.74, 6) is -0.575. The molecule has 0 amide bonds. The molecule has 1 saturated heterocycles. The summed E-state index contributed by atoms with van der Waals surface area (Å²) in [7, 11) is 0. The number of ether oxygens (including phenoxy) is 1. The number of nitrogens with zero attached hydrogens (tertiary/aromatic N) is 2. The Morgan fingerprint density at radius 1 is 1.32 bits per heavy atom. The molecule has 3 rings (SSSR count). The van der Waals surface area contributed by atoms with Crippen molar-refractivity contribution in [1.29, 1.82) is 0 Å². The largest absolute Gasteiger partial charge is 0.486 e. The van der Waals surface area contributed by atoms with Crippen LogP contribution in [0.25, 0.3) is 0 Å². The summed E-state index contributed by atoms with van der Waals surface area (Å²) < 4.78 is 18.4. The van der Waals surface area contributed by atoms with Crippen molar-refractivity contribution in [2.45, 2.75) is 26.0 Å². The average molecular weight is 387 g/mol. The highest BCUT2D eigenvalue weighted by Crippen LogP contribution is 2.21. The smallest absolute Gasteiger partial charge is 0.306 e. The Morgan fingerprint density at radius 2 is 2.00 bits per heavy atom. The molecule has 1 aromatic carbocycles. The van der Waals surface area contributed by atoms with Gasteiger partial charge in [-0.1, -0.05) is 0 Å². The molecule has 5 nitrogen and oxygen atoms in total. The first-order chi connectivity index (χ1) is 11.6. The van der Waals surface area contributed by atoms with Crippen LogP contribution in [0.15, 0.2) is 29.6 Å². The number of aliphatic carboxylic acids is 1. The second-order valence-corrected chi connectivity index (χ2v) is 6.81. The van der Waals surface area contributed by atoms with Gasteiger partial charge in [0.15, 0.2) is 0 Å². The number of aromatic nitrogens is 1. The first-order valence-electron chi connectivity index (χ1n) is 7.87. The molecule has 0 atom stereocenters. The van der Waals surface area contributed by atoms with Gasteiger partial charge in [0, 0.05) is 11.9 Å². The van der Waals surface area contributed by atoms with Crippen LogP contribution >= 0.6 is 23.7 Å². The summed E-state index contributed by atoms with van der Waals surface area (Å²) in [4.78, 5) is 17.8. The maximum absolute atomic E-state index is 12.8. The van der Waals surface area contributed by atoms with Crippen LogP contribution < -0.4 is 4.74 Å². The van der Waals surface area contributed by atoms with Crippen LogP contribution in [0.3, 0.4) is 0 Å². The maximum Gasteiger partial charge on any atom is 0.306 e. The second-order valence-electron chi connectivity index (χ2n) is 5.86. The predicted molar refractivity (Wildman–Crippen MR) is 95.7 cm³/mol. The molecule has 2 heterocycles. The van der Waals surface area contributed by atoms with Crippen molar-refractivity contribution < 1.29 is 19.0 Å². The van der Waals surface area contributed by atoms with Gasteiger partial charge >= 0.3 is 5.97 Å². The number of rotatable bonds is 6. The number of hydrogen-bond acceptors (Lipinski definition) is 5. The van der Waals surface area contributed by atoms with Gasteiger partial charge < -0.3 is 9.84 Å². The molecule has 2 aromatic rings. The van der Waals surface area contributed by atoms with E-state index in [1.165, 1.54) is 23.5 Å². The Kier molecular flexibility index (Phi) is 7.16. The van der Waals surface area contributed by atoms with E-state index in [-0.39, 0.29) is 24.1 Å². The minimum Gasteiger partial charge on any atom is -0.486 e. The van der Waals surface area contributed by atoms with Gasteiger partial charge in [0.25, 0.3) is 0 Å². The molecule has 1 aliphatic rings. The fraction of sp³-hybridized carbons (Fsp3) is 0.412. The van der Waals surface area contributed by atoms with Crippen molar-refractivity contribution in [3.63, 3.8) is 0 Å². The minimum absolute atomic E-state index is 0. The van der Waals surface area contributed by atoms with Crippen LogP contribution in [-0.4, -0.2) is 34.0 Å². The van der Waals surface area contributed by atoms with E-state index in [9.17, 15) is 9.18 Å². The van der Waals surface area contributed by atoms with Gasteiger partial charge in [-0.3, -0.25) is 9.69 Å². The number of piperidine rings is 1. The van der Waals surface area contributed by atoms with Gasteiger partial charge in [-0.15, -0.1) is 23.7 Å². The fourth-order valence-electron chi connectivity index (χ4n) is 2.73. The summed E-state index contributed by atoms with van der Waals surface area (Å²) in [6, 6.07) is 5.92. The Labute approximate surface area is 155 Å². The van der Waals surface area contributed by atoms with Crippen LogP contribution in [0, 0.1) is 11.7 Å². The van der Waals surface area contributed by atoms with Crippen molar-refractivity contribution in [3.8, 4) is 5.75 Å². The number of hydrogen-bond donors (Lipinski definition) is 1. The normalized spacial score (nSPS) is 15.6. The zero-order valence-electron chi connectivity index (χ0n) is 13.6. The highest BCUT2D eigenvalue weighted by molar-refractivity contribution is 7.09. The van der Waals surface area contributed by atoms with Crippen LogP contribution in [-0.2, 0) is 17.9 Å². The average Bonchev–Trinajstić information content (AvgIpc) is 3.02. The molecule has 8 heteroatoms. The molecule has 1 fully saturated rings. The fourth-order valence-corrected chi connectivity index (χ4v) is 3.43. The van der Waals surface area contributed by atoms with Crippen molar-refractivity contribution in [3.05, 3.63) is 46.2 Å². The molecule has 0 radical (unpaired) electrons. The van der Waals surface area contributed by atoms with E-state index in [4.69, 9.17) is 9.84 Å². The lowest BCUT2D eigenvalue weighted by molar-refractivity contribution is -0.143. The third kappa shape index (κ3) is 5.66. The van der Waals surface area contributed by atoms with Crippen molar-refractivity contribution in [2.24, 2.45) is 5.92 Å². The molecule has 0 bridgehead atoms. The molecular weight excluding hydrogens is 367 g/mol. The molecular formula is C17H20ClFN2O3S. The first-order valence-corrected chi connectivity index (χ1v) is 8.75. The quantitative estimate of drug-likeness (QED) is 0.822. The third-order valence-electron chi connectivity index (χ3n) is 4.10. The molecule has 0 saturated carbocycles. The molecule has 0 spiro atoms. The number of thiazole rings is 1. The zero-order chi connectivity index (χ0) is 16.9. The summed E-state index contributed by atoms with van der Waals surface area (Å²) in [5.41, 5.74) is 0.978. The van der Waals surface area contributed by atoms with E-state index < -0.39 is 5.97 Å². The van der Waals surface area contributed by atoms with E-state index in [1.54, 1.807) is 12.1 Å². The lowest BCUT2D eigenvalue weighted by Crippen LogP contribution is -2.35. The van der Waals surface area contributed by atoms with E-state index in [0.29, 0.717) is 25.2 Å². The first kappa shape index (κ1) is 19.6. The van der Waals surface area contributed by atoms with Crippen molar-refractivity contribution >= 4 is 29.7 Å². The Hall–Kier alpha value is -1.70. The predicted octanol–water partition coefficient (Wildman–Crippen LogP) is 3.58. The molecule has 0 aliphatic carbocycles. The summed E-state index contributed by atoms with van der Waals surface area (Å²) in [5, 5.41) is 11.9. The number of carboxylic acid groups (broad SMARTS) is 1. The van der Waals surface area contributed by atoms with Crippen LogP contribution in [0.4, 0.5) is 4.39 Å². The monoisotopic (exact) mass is 386 g/mol. The lowest BCUT2D eigenvalue weighted by Gasteiger charge is -2.29. The van der Waals surface area contributed by atoms with E-state index in [2.05, 4.69) is 9.88 Å². The standard InChI is InChI=1S/C17H19FN2O3S.ClH/c18-13-1-3-15(4-2-13)23-10-16-19-14(11-24-16)9-20-7-5-12(6-8-20)17(21)22;/h1-4,11-12H,5-10H2,(H,21,22);1H.